The molecule has 1 aliphatic heterocycles. The van der Waals surface area contributed by atoms with E-state index in [1.807, 2.05) is 0 Å². The lowest BCUT2D eigenvalue weighted by atomic mass is 10.2. The van der Waals surface area contributed by atoms with Gasteiger partial charge in [-0.3, -0.25) is 14.5 Å². The molecular formula is C15H20ClN3O2. The third-order valence-electron chi connectivity index (χ3n) is 3.69. The zero-order chi connectivity index (χ0) is 15.2. The summed E-state index contributed by atoms with van der Waals surface area (Å²) in [7, 11) is 0. The van der Waals surface area contributed by atoms with Gasteiger partial charge in [0.15, 0.2) is 0 Å². The van der Waals surface area contributed by atoms with Crippen LogP contribution in [0.4, 0.5) is 5.69 Å². The minimum atomic E-state index is -0.668. The van der Waals surface area contributed by atoms with Gasteiger partial charge in [0, 0.05) is 23.3 Å². The molecule has 1 heterocycles. The van der Waals surface area contributed by atoms with Crippen molar-refractivity contribution in [3.8, 4) is 0 Å². The van der Waals surface area contributed by atoms with Gasteiger partial charge in [-0.1, -0.05) is 24.6 Å². The molecule has 5 nitrogen and oxygen atoms in total. The van der Waals surface area contributed by atoms with Gasteiger partial charge in [-0.15, -0.1) is 0 Å². The number of carbonyl (C=O) groups excluding carboxylic acids is 2. The van der Waals surface area contributed by atoms with Crippen LogP contribution in [0.25, 0.3) is 0 Å². The van der Waals surface area contributed by atoms with Crippen LogP contribution in [0, 0.1) is 0 Å². The molecule has 6 heteroatoms. The molecule has 0 bridgehead atoms. The topological polar surface area (TPSA) is 61.4 Å². The molecule has 2 amide bonds. The number of rotatable bonds is 4. The standard InChI is InChI=1S/C15H20ClN3O2/c1-2-19-8-4-7-13(19)10-17-14(20)15(21)18-12-6-3-5-11(16)9-12/h3,5-6,9,13H,2,4,7-8,10H2,1H3,(H,17,20)(H,18,21)/t13-/m0/s1. The van der Waals surface area contributed by atoms with Crippen molar-refractivity contribution in [1.29, 1.82) is 0 Å². The summed E-state index contributed by atoms with van der Waals surface area (Å²) in [6, 6.07) is 7.04. The normalized spacial score (nSPS) is 18.5. The fraction of sp³-hybridized carbons (Fsp3) is 0.467. The number of hydrogen-bond acceptors (Lipinski definition) is 3. The number of halogens is 1. The third kappa shape index (κ3) is 4.44. The second kappa shape index (κ2) is 7.43. The Labute approximate surface area is 129 Å². The molecule has 1 fully saturated rings. The van der Waals surface area contributed by atoms with Crippen molar-refractivity contribution in [2.24, 2.45) is 0 Å². The molecule has 0 aliphatic carbocycles. The first kappa shape index (κ1) is 15.8. The Morgan fingerprint density at radius 2 is 2.19 bits per heavy atom. The van der Waals surface area contributed by atoms with Crippen molar-refractivity contribution < 1.29 is 9.59 Å². The Morgan fingerprint density at radius 3 is 2.90 bits per heavy atom. The Hall–Kier alpha value is -1.59. The van der Waals surface area contributed by atoms with Crippen LogP contribution < -0.4 is 10.6 Å². The van der Waals surface area contributed by atoms with Gasteiger partial charge in [0.1, 0.15) is 0 Å². The minimum Gasteiger partial charge on any atom is -0.346 e. The molecule has 0 aromatic heterocycles. The number of nitrogens with zero attached hydrogens (tertiary/aromatic N) is 1. The minimum absolute atomic E-state index is 0.331. The molecule has 1 aromatic carbocycles. The fourth-order valence-electron chi connectivity index (χ4n) is 2.59. The van der Waals surface area contributed by atoms with Gasteiger partial charge in [0.25, 0.3) is 0 Å². The molecule has 1 aliphatic rings. The third-order valence-corrected chi connectivity index (χ3v) is 3.93. The Bertz CT molecular complexity index is 521. The summed E-state index contributed by atoms with van der Waals surface area (Å²) >= 11 is 5.83. The maximum absolute atomic E-state index is 11.8. The number of amides is 2. The molecule has 0 unspecified atom stereocenters. The smallest absolute Gasteiger partial charge is 0.313 e. The average Bonchev–Trinajstić information content (AvgIpc) is 2.92. The average molecular weight is 310 g/mol. The van der Waals surface area contributed by atoms with E-state index in [1.165, 1.54) is 0 Å². The van der Waals surface area contributed by atoms with Crippen LogP contribution in [-0.2, 0) is 9.59 Å². The molecule has 0 spiro atoms. The molecule has 114 valence electrons. The fourth-order valence-corrected chi connectivity index (χ4v) is 2.78. The van der Waals surface area contributed by atoms with E-state index in [4.69, 9.17) is 11.6 Å². The van der Waals surface area contributed by atoms with E-state index in [-0.39, 0.29) is 0 Å². The first-order valence-electron chi connectivity index (χ1n) is 7.19. The van der Waals surface area contributed by atoms with Crippen LogP contribution in [0.5, 0.6) is 0 Å². The lowest BCUT2D eigenvalue weighted by Gasteiger charge is -2.22. The second-order valence-corrected chi connectivity index (χ2v) is 5.54. The molecule has 1 saturated heterocycles. The largest absolute Gasteiger partial charge is 0.346 e. The lowest BCUT2D eigenvalue weighted by Crippen LogP contribution is -2.43. The molecular weight excluding hydrogens is 290 g/mol. The monoisotopic (exact) mass is 309 g/mol. The van der Waals surface area contributed by atoms with Crippen LogP contribution in [0.15, 0.2) is 24.3 Å². The SMILES string of the molecule is CCN1CCC[C@H]1CNC(=O)C(=O)Nc1cccc(Cl)c1. The summed E-state index contributed by atoms with van der Waals surface area (Å²) in [6.07, 6.45) is 2.20. The summed E-state index contributed by atoms with van der Waals surface area (Å²) in [6.45, 7) is 4.64. The number of nitrogens with one attached hydrogen (secondary N) is 2. The van der Waals surface area contributed by atoms with Crippen molar-refractivity contribution in [3.63, 3.8) is 0 Å². The highest BCUT2D eigenvalue weighted by Crippen LogP contribution is 2.16. The van der Waals surface area contributed by atoms with Gasteiger partial charge in [0.05, 0.1) is 0 Å². The van der Waals surface area contributed by atoms with Gasteiger partial charge < -0.3 is 10.6 Å². The number of carbonyl (C=O) groups is 2. The Morgan fingerprint density at radius 1 is 1.38 bits per heavy atom. The summed E-state index contributed by atoms with van der Waals surface area (Å²) in [5.41, 5.74) is 0.513. The van der Waals surface area contributed by atoms with Crippen LogP contribution in [0.1, 0.15) is 19.8 Å². The first-order chi connectivity index (χ1) is 10.1. The first-order valence-corrected chi connectivity index (χ1v) is 7.56. The van der Waals surface area contributed by atoms with Crippen molar-refractivity contribution >= 4 is 29.1 Å². The van der Waals surface area contributed by atoms with Crippen LogP contribution >= 0.6 is 11.6 Å². The second-order valence-electron chi connectivity index (χ2n) is 5.10. The van der Waals surface area contributed by atoms with Gasteiger partial charge in [0.2, 0.25) is 0 Å². The summed E-state index contributed by atoms with van der Waals surface area (Å²) in [5, 5.41) is 5.74. The summed E-state index contributed by atoms with van der Waals surface area (Å²) in [5.74, 6) is -1.28. The van der Waals surface area contributed by atoms with E-state index < -0.39 is 11.8 Å². The zero-order valence-electron chi connectivity index (χ0n) is 12.1. The highest BCUT2D eigenvalue weighted by Gasteiger charge is 2.24. The summed E-state index contributed by atoms with van der Waals surface area (Å²) in [4.78, 5) is 25.9. The van der Waals surface area contributed by atoms with Gasteiger partial charge in [-0.05, 0) is 44.1 Å². The molecule has 1 aromatic rings. The van der Waals surface area contributed by atoms with E-state index in [0.29, 0.717) is 23.3 Å². The number of likely N-dealkylation sites (tertiary alicyclic amines) is 1. The van der Waals surface area contributed by atoms with Gasteiger partial charge >= 0.3 is 11.8 Å². The number of hydrogen-bond donors (Lipinski definition) is 2. The van der Waals surface area contributed by atoms with E-state index in [2.05, 4.69) is 22.5 Å². The lowest BCUT2D eigenvalue weighted by molar-refractivity contribution is -0.136. The molecule has 1 atom stereocenters. The Balaban J connectivity index is 1.81. The highest BCUT2D eigenvalue weighted by atomic mass is 35.5. The van der Waals surface area contributed by atoms with Crippen LogP contribution in [0.2, 0.25) is 5.02 Å². The van der Waals surface area contributed by atoms with Crippen molar-refractivity contribution in [1.82, 2.24) is 10.2 Å². The molecule has 0 saturated carbocycles. The molecule has 2 N–H and O–H groups in total. The van der Waals surface area contributed by atoms with Crippen molar-refractivity contribution in [2.45, 2.75) is 25.8 Å². The maximum atomic E-state index is 11.8. The number of likely N-dealkylation sites (N-methyl/N-ethyl adjacent to an activating group) is 1. The van der Waals surface area contributed by atoms with E-state index in [0.717, 1.165) is 25.9 Å². The maximum Gasteiger partial charge on any atom is 0.313 e. The van der Waals surface area contributed by atoms with E-state index in [1.54, 1.807) is 24.3 Å². The predicted octanol–water partition coefficient (Wildman–Crippen LogP) is 1.88. The van der Waals surface area contributed by atoms with Gasteiger partial charge in [-0.2, -0.15) is 0 Å². The highest BCUT2D eigenvalue weighted by molar-refractivity contribution is 6.39. The molecule has 21 heavy (non-hydrogen) atoms. The van der Waals surface area contributed by atoms with E-state index >= 15 is 0 Å². The Kier molecular flexibility index (Phi) is 5.59. The van der Waals surface area contributed by atoms with Crippen molar-refractivity contribution in [3.05, 3.63) is 29.3 Å². The van der Waals surface area contributed by atoms with Crippen LogP contribution in [-0.4, -0.2) is 42.4 Å². The van der Waals surface area contributed by atoms with Crippen molar-refractivity contribution in [2.75, 3.05) is 25.0 Å². The van der Waals surface area contributed by atoms with Crippen LogP contribution in [0.3, 0.4) is 0 Å². The zero-order valence-corrected chi connectivity index (χ0v) is 12.8. The molecule has 0 radical (unpaired) electrons. The number of anilines is 1. The predicted molar refractivity (Wildman–Crippen MR) is 83.4 cm³/mol. The molecule has 2 rings (SSSR count). The quantitative estimate of drug-likeness (QED) is 0.835. The number of benzene rings is 1. The van der Waals surface area contributed by atoms with Gasteiger partial charge in [-0.25, -0.2) is 0 Å². The summed E-state index contributed by atoms with van der Waals surface area (Å²) < 4.78 is 0. The van der Waals surface area contributed by atoms with E-state index in [9.17, 15) is 9.59 Å².